The van der Waals surface area contributed by atoms with Gasteiger partial charge >= 0.3 is 12.1 Å². The molecule has 33 heavy (non-hydrogen) atoms. The van der Waals surface area contributed by atoms with Gasteiger partial charge in [0, 0.05) is 0 Å². The number of esters is 1. The Bertz CT molecular complexity index is 989. The zero-order valence-corrected chi connectivity index (χ0v) is 16.7. The molecule has 0 bridgehead atoms. The number of aliphatic hydroxyl groups is 4. The minimum atomic E-state index is -4.62. The van der Waals surface area contributed by atoms with Gasteiger partial charge in [0.05, 0.1) is 36.4 Å². The van der Waals surface area contributed by atoms with Gasteiger partial charge < -0.3 is 46.0 Å². The Morgan fingerprint density at radius 1 is 1.12 bits per heavy atom. The average molecular weight is 474 g/mol. The number of aliphatic hydroxyl groups excluding tert-OH is 2. The fourth-order valence-electron chi connectivity index (χ4n) is 4.68. The summed E-state index contributed by atoms with van der Waals surface area (Å²) in [5, 5.41) is 66.0. The first-order valence-electron chi connectivity index (χ1n) is 9.71. The Morgan fingerprint density at radius 2 is 1.76 bits per heavy atom. The number of nitrogens with zero attached hydrogens (tertiary/aromatic N) is 1. The molecule has 0 radical (unpaired) electrons. The molecule has 4 rings (SSSR count). The number of carbonyl (C=O) groups excluding carboxylic acids is 1. The molecule has 3 aliphatic rings. The second-order valence-electron chi connectivity index (χ2n) is 7.92. The lowest BCUT2D eigenvalue weighted by Gasteiger charge is -2.51. The largest absolute Gasteiger partial charge is 0.451 e. The second kappa shape index (κ2) is 7.44. The number of ether oxygens (including phenoxy) is 1. The summed E-state index contributed by atoms with van der Waals surface area (Å²) < 4.78 is 43.6. The van der Waals surface area contributed by atoms with Crippen LogP contribution >= 0.6 is 0 Å². The molecule has 180 valence electrons. The molecule has 0 amide bonds. The summed E-state index contributed by atoms with van der Waals surface area (Å²) in [5.74, 6) is -5.05. The van der Waals surface area contributed by atoms with Crippen LogP contribution in [0, 0.1) is 10.8 Å². The summed E-state index contributed by atoms with van der Waals surface area (Å²) in [4.78, 5) is 13.7. The molecule has 1 spiro atoms. The first kappa shape index (κ1) is 23.0. The molecule has 1 aromatic carbocycles. The number of nitrogens with one attached hydrogen (secondary N) is 5. The van der Waals surface area contributed by atoms with E-state index in [-0.39, 0.29) is 11.5 Å². The monoisotopic (exact) mass is 474 g/mol. The molecule has 5 atom stereocenters. The van der Waals surface area contributed by atoms with Crippen LogP contribution in [0.3, 0.4) is 0 Å². The van der Waals surface area contributed by atoms with Crippen molar-refractivity contribution in [2.45, 2.75) is 41.9 Å². The molecule has 0 saturated carbocycles. The van der Waals surface area contributed by atoms with E-state index in [1.165, 1.54) is 0 Å². The Labute approximate surface area is 184 Å². The van der Waals surface area contributed by atoms with Crippen molar-refractivity contribution >= 4 is 17.9 Å². The van der Waals surface area contributed by atoms with E-state index in [0.717, 1.165) is 17.0 Å². The highest BCUT2D eigenvalue weighted by Crippen LogP contribution is 2.47. The number of carbonyl (C=O) groups is 1. The van der Waals surface area contributed by atoms with E-state index >= 15 is 0 Å². The lowest BCUT2D eigenvalue weighted by atomic mass is 9.85. The Morgan fingerprint density at radius 3 is 2.30 bits per heavy atom. The highest BCUT2D eigenvalue weighted by atomic mass is 19.4. The Kier molecular flexibility index (Phi) is 5.19. The van der Waals surface area contributed by atoms with Crippen LogP contribution in [0.15, 0.2) is 24.3 Å². The average Bonchev–Trinajstić information content (AvgIpc) is 3.20. The standard InChI is InChI=1S/C18H21F3N6O6/c19-18(20,21)8-3-1-7(2-4-8)13(30)33-12-10(6-29)27-15(23)24-9(5-28)11-16(27,17(12,31)32)26-14(22)25-11/h1-4,9-12,28-29,31-32H,5-6H2,(H2,23,24)(H3,22,25,26)/t9-,10-,11?,12-,16-/m0/s1. The molecule has 0 aliphatic carbocycles. The molecule has 12 nitrogen and oxygen atoms in total. The summed E-state index contributed by atoms with van der Waals surface area (Å²) in [6.45, 7) is -1.40. The van der Waals surface area contributed by atoms with Gasteiger partial charge in [-0.15, -0.1) is 0 Å². The van der Waals surface area contributed by atoms with Gasteiger partial charge in [-0.3, -0.25) is 10.8 Å². The number of benzene rings is 1. The molecule has 0 aromatic heterocycles. The van der Waals surface area contributed by atoms with Gasteiger partial charge in [-0.25, -0.2) is 4.79 Å². The highest BCUT2D eigenvalue weighted by molar-refractivity contribution is 5.90. The third-order valence-corrected chi connectivity index (χ3v) is 6.12. The van der Waals surface area contributed by atoms with Crippen molar-refractivity contribution in [2.75, 3.05) is 13.2 Å². The fourth-order valence-corrected chi connectivity index (χ4v) is 4.68. The minimum Gasteiger partial charge on any atom is -0.451 e. The molecule has 9 N–H and O–H groups in total. The normalized spacial score (nSPS) is 32.4. The van der Waals surface area contributed by atoms with E-state index in [1.54, 1.807) is 0 Å². The molecule has 1 unspecified atom stereocenters. The second-order valence-corrected chi connectivity index (χ2v) is 7.92. The molecule has 15 heteroatoms. The van der Waals surface area contributed by atoms with Crippen molar-refractivity contribution < 1.29 is 43.1 Å². The predicted molar refractivity (Wildman–Crippen MR) is 103 cm³/mol. The quantitative estimate of drug-likeness (QED) is 0.169. The predicted octanol–water partition coefficient (Wildman–Crippen LogP) is -2.32. The number of guanidine groups is 2. The van der Waals surface area contributed by atoms with Crippen molar-refractivity contribution in [3.05, 3.63) is 35.4 Å². The molecule has 3 heterocycles. The van der Waals surface area contributed by atoms with Gasteiger partial charge in [-0.2, -0.15) is 13.2 Å². The van der Waals surface area contributed by atoms with E-state index in [0.29, 0.717) is 12.1 Å². The van der Waals surface area contributed by atoms with Gasteiger partial charge in [0.2, 0.25) is 5.79 Å². The van der Waals surface area contributed by atoms with Crippen LogP contribution < -0.4 is 16.0 Å². The molecule has 3 fully saturated rings. The highest BCUT2D eigenvalue weighted by Gasteiger charge is 2.78. The molecule has 1 aromatic rings. The van der Waals surface area contributed by atoms with Gasteiger partial charge in [0.1, 0.15) is 6.04 Å². The maximum Gasteiger partial charge on any atom is 0.416 e. The minimum absolute atomic E-state index is 0.318. The SMILES string of the molecule is N=C1NC2[C@H](CO)NC(=N)N3[C@@H](CO)[C@H](OC(=O)c4ccc(C(F)(F)F)cc4)C(O)(O)[C@]23N1. The summed E-state index contributed by atoms with van der Waals surface area (Å²) >= 11 is 0. The van der Waals surface area contributed by atoms with Crippen LogP contribution in [0.25, 0.3) is 0 Å². The van der Waals surface area contributed by atoms with E-state index in [2.05, 4.69) is 16.0 Å². The van der Waals surface area contributed by atoms with Crippen molar-refractivity contribution in [2.24, 2.45) is 0 Å². The van der Waals surface area contributed by atoms with Gasteiger partial charge in [0.25, 0.3) is 0 Å². The summed E-state index contributed by atoms with van der Waals surface area (Å²) in [7, 11) is 0. The summed E-state index contributed by atoms with van der Waals surface area (Å²) in [5.41, 5.74) is -3.42. The van der Waals surface area contributed by atoms with E-state index in [4.69, 9.17) is 15.6 Å². The number of hydrogen-bond acceptors (Lipinski definition) is 8. The zero-order valence-electron chi connectivity index (χ0n) is 16.7. The van der Waals surface area contributed by atoms with E-state index < -0.39 is 72.6 Å². The van der Waals surface area contributed by atoms with Crippen molar-refractivity contribution in [1.29, 1.82) is 10.8 Å². The molecular formula is C18H21F3N6O6. The maximum absolute atomic E-state index is 12.8. The first-order valence-corrected chi connectivity index (χ1v) is 9.71. The number of rotatable bonds is 4. The smallest absolute Gasteiger partial charge is 0.416 e. The lowest BCUT2D eigenvalue weighted by molar-refractivity contribution is -0.259. The van der Waals surface area contributed by atoms with Crippen LogP contribution in [0.4, 0.5) is 13.2 Å². The third-order valence-electron chi connectivity index (χ3n) is 6.12. The summed E-state index contributed by atoms with van der Waals surface area (Å²) in [6, 6.07) is -0.458. The van der Waals surface area contributed by atoms with Crippen LogP contribution in [0.2, 0.25) is 0 Å². The molecule has 3 saturated heterocycles. The van der Waals surface area contributed by atoms with Gasteiger partial charge in [0.15, 0.2) is 23.7 Å². The molecular weight excluding hydrogens is 453 g/mol. The lowest BCUT2D eigenvalue weighted by Crippen LogP contribution is -2.81. The van der Waals surface area contributed by atoms with Gasteiger partial charge in [-0.05, 0) is 24.3 Å². The van der Waals surface area contributed by atoms with Crippen molar-refractivity contribution in [3.63, 3.8) is 0 Å². The van der Waals surface area contributed by atoms with Crippen molar-refractivity contribution in [1.82, 2.24) is 20.9 Å². The topological polar surface area (TPSA) is 194 Å². The fraction of sp³-hybridized carbons (Fsp3) is 0.500. The maximum atomic E-state index is 12.8. The first-order chi connectivity index (χ1) is 15.4. The van der Waals surface area contributed by atoms with E-state index in [1.807, 2.05) is 0 Å². The number of hydrogen-bond donors (Lipinski definition) is 9. The van der Waals surface area contributed by atoms with E-state index in [9.17, 15) is 38.4 Å². The summed E-state index contributed by atoms with van der Waals surface area (Å²) in [6.07, 6.45) is -6.53. The number of halogens is 3. The van der Waals surface area contributed by atoms with Crippen LogP contribution in [0.1, 0.15) is 15.9 Å². The zero-order chi connectivity index (χ0) is 24.3. The Hall–Kier alpha value is -3.14. The third kappa shape index (κ3) is 3.18. The van der Waals surface area contributed by atoms with Crippen LogP contribution in [-0.2, 0) is 10.9 Å². The number of alkyl halides is 3. The van der Waals surface area contributed by atoms with Crippen LogP contribution in [0.5, 0.6) is 0 Å². The van der Waals surface area contributed by atoms with Gasteiger partial charge in [-0.1, -0.05) is 0 Å². The van der Waals surface area contributed by atoms with Crippen LogP contribution in [-0.4, -0.2) is 92.1 Å². The van der Waals surface area contributed by atoms with Crippen molar-refractivity contribution in [3.8, 4) is 0 Å². The molecule has 3 aliphatic heterocycles. The Balaban J connectivity index is 1.70.